The summed E-state index contributed by atoms with van der Waals surface area (Å²) in [6, 6.07) is 8.70. The second kappa shape index (κ2) is 5.08. The number of para-hydroxylation sites is 1. The number of benzene rings is 1. The highest BCUT2D eigenvalue weighted by Gasteiger charge is 2.47. The molecule has 1 saturated carbocycles. The SMILES string of the molecule is COC(=O)C1(NC(=O)Oc2ccccc2)CCC1. The van der Waals surface area contributed by atoms with Crippen molar-refractivity contribution in [3.8, 4) is 5.75 Å². The van der Waals surface area contributed by atoms with Crippen LogP contribution in [0.2, 0.25) is 0 Å². The molecule has 1 amide bonds. The summed E-state index contributed by atoms with van der Waals surface area (Å²) >= 11 is 0. The Morgan fingerprint density at radius 3 is 2.39 bits per heavy atom. The summed E-state index contributed by atoms with van der Waals surface area (Å²) in [5, 5.41) is 2.59. The van der Waals surface area contributed by atoms with E-state index in [2.05, 4.69) is 5.32 Å². The number of nitrogens with one attached hydrogen (secondary N) is 1. The van der Waals surface area contributed by atoms with Crippen LogP contribution in [0.25, 0.3) is 0 Å². The molecule has 0 heterocycles. The maximum atomic E-state index is 11.7. The van der Waals surface area contributed by atoms with Gasteiger partial charge >= 0.3 is 12.1 Å². The molecule has 5 nitrogen and oxygen atoms in total. The number of hydrogen-bond donors (Lipinski definition) is 1. The van der Waals surface area contributed by atoms with Gasteiger partial charge in [-0.1, -0.05) is 18.2 Å². The van der Waals surface area contributed by atoms with Gasteiger partial charge in [0.15, 0.2) is 0 Å². The molecule has 1 aromatic carbocycles. The Balaban J connectivity index is 1.96. The quantitative estimate of drug-likeness (QED) is 0.830. The van der Waals surface area contributed by atoms with Crippen LogP contribution in [0.15, 0.2) is 30.3 Å². The molecular formula is C13H15NO4. The lowest BCUT2D eigenvalue weighted by Crippen LogP contribution is -2.60. The van der Waals surface area contributed by atoms with Crippen molar-refractivity contribution in [2.75, 3.05) is 7.11 Å². The third kappa shape index (κ3) is 2.45. The third-order valence-electron chi connectivity index (χ3n) is 3.08. The van der Waals surface area contributed by atoms with E-state index < -0.39 is 17.6 Å². The fourth-order valence-corrected chi connectivity index (χ4v) is 1.92. The van der Waals surface area contributed by atoms with Crippen LogP contribution in [0.1, 0.15) is 19.3 Å². The molecular weight excluding hydrogens is 234 g/mol. The van der Waals surface area contributed by atoms with E-state index in [0.29, 0.717) is 18.6 Å². The van der Waals surface area contributed by atoms with E-state index >= 15 is 0 Å². The monoisotopic (exact) mass is 249 g/mol. The second-order valence-corrected chi connectivity index (χ2v) is 4.25. The Bertz CT molecular complexity index is 440. The molecule has 96 valence electrons. The fourth-order valence-electron chi connectivity index (χ4n) is 1.92. The Morgan fingerprint density at radius 1 is 1.22 bits per heavy atom. The number of carbonyl (C=O) groups is 2. The molecule has 0 aromatic heterocycles. The van der Waals surface area contributed by atoms with Crippen molar-refractivity contribution in [3.05, 3.63) is 30.3 Å². The lowest BCUT2D eigenvalue weighted by atomic mass is 9.77. The van der Waals surface area contributed by atoms with Crippen LogP contribution in [-0.2, 0) is 9.53 Å². The van der Waals surface area contributed by atoms with E-state index in [4.69, 9.17) is 9.47 Å². The van der Waals surface area contributed by atoms with Crippen LogP contribution in [0.5, 0.6) is 5.75 Å². The first-order valence-electron chi connectivity index (χ1n) is 5.80. The molecule has 1 aliphatic carbocycles. The summed E-state index contributed by atoms with van der Waals surface area (Å²) in [5.74, 6) is 0.0214. The highest BCUT2D eigenvalue weighted by molar-refractivity contribution is 5.87. The second-order valence-electron chi connectivity index (χ2n) is 4.25. The highest BCUT2D eigenvalue weighted by Crippen LogP contribution is 2.33. The zero-order valence-electron chi connectivity index (χ0n) is 10.1. The van der Waals surface area contributed by atoms with Crippen molar-refractivity contribution in [3.63, 3.8) is 0 Å². The molecule has 1 aliphatic rings. The molecule has 0 saturated heterocycles. The Kier molecular flexibility index (Phi) is 3.50. The van der Waals surface area contributed by atoms with Crippen LogP contribution < -0.4 is 10.1 Å². The molecule has 0 spiro atoms. The largest absolute Gasteiger partial charge is 0.467 e. The molecule has 1 aromatic rings. The van der Waals surface area contributed by atoms with Gasteiger partial charge in [-0.3, -0.25) is 0 Å². The summed E-state index contributed by atoms with van der Waals surface area (Å²) in [6.07, 6.45) is 1.43. The van der Waals surface area contributed by atoms with Crippen molar-refractivity contribution in [2.24, 2.45) is 0 Å². The van der Waals surface area contributed by atoms with Gasteiger partial charge in [-0.15, -0.1) is 0 Å². The first kappa shape index (κ1) is 12.4. The van der Waals surface area contributed by atoms with Gasteiger partial charge in [-0.25, -0.2) is 9.59 Å². The van der Waals surface area contributed by atoms with Crippen molar-refractivity contribution in [1.29, 1.82) is 0 Å². The topological polar surface area (TPSA) is 64.6 Å². The van der Waals surface area contributed by atoms with Crippen LogP contribution >= 0.6 is 0 Å². The van der Waals surface area contributed by atoms with Crippen molar-refractivity contribution in [1.82, 2.24) is 5.32 Å². The predicted molar refractivity (Wildman–Crippen MR) is 64.2 cm³/mol. The molecule has 0 bridgehead atoms. The Hall–Kier alpha value is -2.04. The fraction of sp³-hybridized carbons (Fsp3) is 0.385. The summed E-state index contributed by atoms with van der Waals surface area (Å²) in [6.45, 7) is 0. The summed E-state index contributed by atoms with van der Waals surface area (Å²) in [4.78, 5) is 23.3. The van der Waals surface area contributed by atoms with Gasteiger partial charge in [0.1, 0.15) is 11.3 Å². The Labute approximate surface area is 105 Å². The number of amides is 1. The maximum absolute atomic E-state index is 11.7. The number of methoxy groups -OCH3 is 1. The zero-order chi connectivity index (χ0) is 13.0. The molecule has 2 rings (SSSR count). The summed E-state index contributed by atoms with van der Waals surface area (Å²) in [7, 11) is 1.31. The van der Waals surface area contributed by atoms with E-state index in [1.165, 1.54) is 7.11 Å². The van der Waals surface area contributed by atoms with Gasteiger partial charge < -0.3 is 14.8 Å². The van der Waals surface area contributed by atoms with Crippen LogP contribution in [-0.4, -0.2) is 24.7 Å². The smallest absolute Gasteiger partial charge is 0.413 e. The number of ether oxygens (including phenoxy) is 2. The highest BCUT2D eigenvalue weighted by atomic mass is 16.6. The Morgan fingerprint density at radius 2 is 1.89 bits per heavy atom. The van der Waals surface area contributed by atoms with Gasteiger partial charge in [0.2, 0.25) is 0 Å². The lowest BCUT2D eigenvalue weighted by molar-refractivity contribution is -0.152. The average Bonchev–Trinajstić information content (AvgIpc) is 2.34. The average molecular weight is 249 g/mol. The van der Waals surface area contributed by atoms with E-state index in [1.54, 1.807) is 24.3 Å². The van der Waals surface area contributed by atoms with Gasteiger partial charge in [0.25, 0.3) is 0 Å². The first-order valence-corrected chi connectivity index (χ1v) is 5.80. The van der Waals surface area contributed by atoms with Crippen LogP contribution in [0.4, 0.5) is 4.79 Å². The number of hydrogen-bond acceptors (Lipinski definition) is 4. The molecule has 18 heavy (non-hydrogen) atoms. The van der Waals surface area contributed by atoms with Gasteiger partial charge in [0.05, 0.1) is 7.11 Å². The molecule has 0 aliphatic heterocycles. The van der Waals surface area contributed by atoms with E-state index in [-0.39, 0.29) is 0 Å². The minimum absolute atomic E-state index is 0.418. The number of rotatable bonds is 3. The van der Waals surface area contributed by atoms with Gasteiger partial charge in [-0.2, -0.15) is 0 Å². The molecule has 1 N–H and O–H groups in total. The number of carbonyl (C=O) groups excluding carboxylic acids is 2. The normalized spacial score (nSPS) is 16.3. The van der Waals surface area contributed by atoms with E-state index in [0.717, 1.165) is 6.42 Å². The molecule has 0 atom stereocenters. The number of esters is 1. The third-order valence-corrected chi connectivity index (χ3v) is 3.08. The standard InChI is InChI=1S/C13H15NO4/c1-17-11(15)13(8-5-9-13)14-12(16)18-10-6-3-2-4-7-10/h2-4,6-7H,5,8-9H2,1H3,(H,14,16). The first-order chi connectivity index (χ1) is 8.66. The van der Waals surface area contributed by atoms with Crippen molar-refractivity contribution in [2.45, 2.75) is 24.8 Å². The van der Waals surface area contributed by atoms with Gasteiger partial charge in [0, 0.05) is 0 Å². The minimum atomic E-state index is -0.902. The van der Waals surface area contributed by atoms with E-state index in [1.807, 2.05) is 6.07 Å². The predicted octanol–water partition coefficient (Wildman–Crippen LogP) is 1.87. The molecule has 0 radical (unpaired) electrons. The van der Waals surface area contributed by atoms with Crippen LogP contribution in [0, 0.1) is 0 Å². The summed E-state index contributed by atoms with van der Waals surface area (Å²) in [5.41, 5.74) is -0.902. The van der Waals surface area contributed by atoms with Crippen LogP contribution in [0.3, 0.4) is 0 Å². The summed E-state index contributed by atoms with van der Waals surface area (Å²) < 4.78 is 9.78. The lowest BCUT2D eigenvalue weighted by Gasteiger charge is -2.38. The van der Waals surface area contributed by atoms with Crippen molar-refractivity contribution >= 4 is 12.1 Å². The van der Waals surface area contributed by atoms with Crippen molar-refractivity contribution < 1.29 is 19.1 Å². The molecule has 1 fully saturated rings. The minimum Gasteiger partial charge on any atom is -0.467 e. The zero-order valence-corrected chi connectivity index (χ0v) is 10.1. The molecule has 0 unspecified atom stereocenters. The van der Waals surface area contributed by atoms with E-state index in [9.17, 15) is 9.59 Å². The van der Waals surface area contributed by atoms with Gasteiger partial charge in [-0.05, 0) is 31.4 Å². The maximum Gasteiger partial charge on any atom is 0.413 e. The molecule has 5 heteroatoms.